The second-order valence-electron chi connectivity index (χ2n) is 7.06. The number of para-hydroxylation sites is 1. The Bertz CT molecular complexity index is 1270. The van der Waals surface area contributed by atoms with Crippen LogP contribution in [0.15, 0.2) is 90.2 Å². The van der Waals surface area contributed by atoms with Gasteiger partial charge in [-0.15, -0.1) is 0 Å². The SMILES string of the molecule is N#C[C@H](C(=O)N/N=C\c1cn(Cc2ccc(Cl)cc2)c2ccccc12)c1ccccc1. The van der Waals surface area contributed by atoms with Crippen LogP contribution in [0.25, 0.3) is 10.9 Å². The summed E-state index contributed by atoms with van der Waals surface area (Å²) in [6, 6.07) is 26.7. The maximum Gasteiger partial charge on any atom is 0.261 e. The van der Waals surface area contributed by atoms with E-state index in [0.717, 1.165) is 22.0 Å². The zero-order valence-corrected chi connectivity index (χ0v) is 17.3. The molecule has 0 aliphatic carbocycles. The van der Waals surface area contributed by atoms with Crippen molar-refractivity contribution in [1.29, 1.82) is 5.26 Å². The number of hydrogen-bond acceptors (Lipinski definition) is 3. The van der Waals surface area contributed by atoms with Crippen molar-refractivity contribution in [3.63, 3.8) is 0 Å². The number of fused-ring (bicyclic) bond motifs is 1. The Morgan fingerprint density at radius 1 is 1.06 bits per heavy atom. The molecule has 1 heterocycles. The van der Waals surface area contributed by atoms with Crippen LogP contribution in [0, 0.1) is 11.3 Å². The summed E-state index contributed by atoms with van der Waals surface area (Å²) in [6.07, 6.45) is 3.60. The fourth-order valence-corrected chi connectivity index (χ4v) is 3.58. The predicted octanol–water partition coefficient (Wildman–Crippen LogP) is 5.10. The molecule has 0 fully saturated rings. The van der Waals surface area contributed by atoms with Gasteiger partial charge >= 0.3 is 0 Å². The topological polar surface area (TPSA) is 70.2 Å². The van der Waals surface area contributed by atoms with E-state index in [4.69, 9.17) is 11.6 Å². The highest BCUT2D eigenvalue weighted by atomic mass is 35.5. The molecule has 152 valence electrons. The number of carbonyl (C=O) groups excluding carboxylic acids is 1. The number of nitrogens with one attached hydrogen (secondary N) is 1. The number of amides is 1. The molecule has 0 radical (unpaired) electrons. The van der Waals surface area contributed by atoms with Crippen LogP contribution in [0.2, 0.25) is 5.02 Å². The first-order valence-corrected chi connectivity index (χ1v) is 10.1. The van der Waals surface area contributed by atoms with Crippen LogP contribution in [-0.4, -0.2) is 16.7 Å². The standard InChI is InChI=1S/C25H19ClN4O/c26-21-12-10-18(11-13-21)16-30-17-20(22-8-4-5-9-24(22)30)15-28-29-25(31)23(14-27)19-6-2-1-3-7-19/h1-13,15,17,23H,16H2,(H,29,31)/b28-15-/t23-/m0/s1. The van der Waals surface area contributed by atoms with Crippen molar-refractivity contribution >= 4 is 34.6 Å². The van der Waals surface area contributed by atoms with Crippen LogP contribution in [0.1, 0.15) is 22.6 Å². The van der Waals surface area contributed by atoms with Crippen molar-refractivity contribution in [2.75, 3.05) is 0 Å². The second kappa shape index (κ2) is 9.29. The van der Waals surface area contributed by atoms with E-state index < -0.39 is 11.8 Å². The summed E-state index contributed by atoms with van der Waals surface area (Å²) in [6.45, 7) is 0.683. The van der Waals surface area contributed by atoms with Gasteiger partial charge in [0.15, 0.2) is 5.92 Å². The molecule has 4 aromatic rings. The fraction of sp³-hybridized carbons (Fsp3) is 0.0800. The van der Waals surface area contributed by atoms with E-state index in [-0.39, 0.29) is 0 Å². The van der Waals surface area contributed by atoms with Crippen molar-refractivity contribution in [2.45, 2.75) is 12.5 Å². The Kier molecular flexibility index (Phi) is 6.11. The number of rotatable bonds is 6. The molecule has 0 aliphatic rings. The van der Waals surface area contributed by atoms with Crippen LogP contribution in [0.3, 0.4) is 0 Å². The summed E-state index contributed by atoms with van der Waals surface area (Å²) in [4.78, 5) is 12.4. The highest BCUT2D eigenvalue weighted by molar-refractivity contribution is 6.30. The smallest absolute Gasteiger partial charge is 0.261 e. The predicted molar refractivity (Wildman–Crippen MR) is 123 cm³/mol. The number of hydrogen-bond donors (Lipinski definition) is 1. The van der Waals surface area contributed by atoms with Gasteiger partial charge < -0.3 is 4.57 Å². The Labute approximate surface area is 185 Å². The third-order valence-electron chi connectivity index (χ3n) is 4.99. The van der Waals surface area contributed by atoms with E-state index in [1.165, 1.54) is 0 Å². The van der Waals surface area contributed by atoms with Gasteiger partial charge in [0, 0.05) is 34.2 Å². The first kappa shape index (κ1) is 20.4. The number of carbonyl (C=O) groups is 1. The number of nitriles is 1. The minimum absolute atomic E-state index is 0.463. The number of benzene rings is 3. The third kappa shape index (κ3) is 4.66. The van der Waals surface area contributed by atoms with Crippen molar-refractivity contribution in [2.24, 2.45) is 5.10 Å². The maximum atomic E-state index is 12.4. The number of hydrazone groups is 1. The van der Waals surface area contributed by atoms with Gasteiger partial charge in [0.1, 0.15) is 0 Å². The first-order chi connectivity index (χ1) is 15.2. The lowest BCUT2D eigenvalue weighted by Gasteiger charge is -2.06. The Balaban J connectivity index is 1.54. The van der Waals surface area contributed by atoms with Gasteiger partial charge in [-0.2, -0.15) is 10.4 Å². The molecule has 6 heteroatoms. The molecule has 0 saturated heterocycles. The monoisotopic (exact) mass is 426 g/mol. The summed E-state index contributed by atoms with van der Waals surface area (Å²) in [5.41, 5.74) is 6.19. The molecular weight excluding hydrogens is 408 g/mol. The Morgan fingerprint density at radius 3 is 2.52 bits per heavy atom. The van der Waals surface area contributed by atoms with E-state index in [0.29, 0.717) is 17.1 Å². The van der Waals surface area contributed by atoms with Gasteiger partial charge in [-0.05, 0) is 29.3 Å². The van der Waals surface area contributed by atoms with Crippen molar-refractivity contribution in [3.8, 4) is 6.07 Å². The van der Waals surface area contributed by atoms with E-state index >= 15 is 0 Å². The van der Waals surface area contributed by atoms with Crippen LogP contribution in [-0.2, 0) is 11.3 Å². The number of nitrogens with zero attached hydrogens (tertiary/aromatic N) is 3. The molecule has 1 amide bonds. The highest BCUT2D eigenvalue weighted by Gasteiger charge is 2.19. The Hall–Kier alpha value is -3.88. The van der Waals surface area contributed by atoms with Gasteiger partial charge in [-0.3, -0.25) is 4.79 Å². The lowest BCUT2D eigenvalue weighted by Crippen LogP contribution is -2.24. The zero-order chi connectivity index (χ0) is 21.6. The third-order valence-corrected chi connectivity index (χ3v) is 5.24. The molecule has 0 aliphatic heterocycles. The maximum absolute atomic E-state index is 12.4. The summed E-state index contributed by atoms with van der Waals surface area (Å²) < 4.78 is 2.13. The lowest BCUT2D eigenvalue weighted by molar-refractivity contribution is -0.121. The van der Waals surface area contributed by atoms with Crippen molar-refractivity contribution < 1.29 is 4.79 Å². The zero-order valence-electron chi connectivity index (χ0n) is 16.6. The number of aromatic nitrogens is 1. The van der Waals surface area contributed by atoms with E-state index in [2.05, 4.69) is 15.1 Å². The molecule has 1 atom stereocenters. The van der Waals surface area contributed by atoms with Gasteiger partial charge in [-0.25, -0.2) is 5.43 Å². The lowest BCUT2D eigenvalue weighted by atomic mass is 10.0. The van der Waals surface area contributed by atoms with Crippen molar-refractivity contribution in [1.82, 2.24) is 9.99 Å². The van der Waals surface area contributed by atoms with E-state index in [9.17, 15) is 10.1 Å². The summed E-state index contributed by atoms with van der Waals surface area (Å²) in [5.74, 6) is -1.38. The molecule has 1 N–H and O–H groups in total. The van der Waals surface area contributed by atoms with Crippen LogP contribution < -0.4 is 5.43 Å². The van der Waals surface area contributed by atoms with Crippen LogP contribution >= 0.6 is 11.6 Å². The highest BCUT2D eigenvalue weighted by Crippen LogP contribution is 2.22. The molecule has 3 aromatic carbocycles. The van der Waals surface area contributed by atoms with Crippen LogP contribution in [0.5, 0.6) is 0 Å². The van der Waals surface area contributed by atoms with Gasteiger partial charge in [-0.1, -0.05) is 72.3 Å². The first-order valence-electron chi connectivity index (χ1n) is 9.75. The summed E-state index contributed by atoms with van der Waals surface area (Å²) in [5, 5.41) is 15.2. The summed E-state index contributed by atoms with van der Waals surface area (Å²) in [7, 11) is 0. The molecule has 5 nitrogen and oxygen atoms in total. The normalized spacial score (nSPS) is 12.0. The minimum atomic E-state index is -0.912. The molecule has 0 unspecified atom stereocenters. The molecular formula is C25H19ClN4O. The molecule has 4 rings (SSSR count). The largest absolute Gasteiger partial charge is 0.342 e. The molecule has 31 heavy (non-hydrogen) atoms. The van der Waals surface area contributed by atoms with E-state index in [1.807, 2.05) is 66.9 Å². The fourth-order valence-electron chi connectivity index (χ4n) is 3.46. The second-order valence-corrected chi connectivity index (χ2v) is 7.50. The van der Waals surface area contributed by atoms with Gasteiger partial charge in [0.05, 0.1) is 12.3 Å². The van der Waals surface area contributed by atoms with Gasteiger partial charge in [0.25, 0.3) is 5.91 Å². The van der Waals surface area contributed by atoms with Crippen molar-refractivity contribution in [3.05, 3.63) is 107 Å². The molecule has 0 saturated carbocycles. The molecule has 0 spiro atoms. The van der Waals surface area contributed by atoms with Gasteiger partial charge in [0.2, 0.25) is 0 Å². The average molecular weight is 427 g/mol. The van der Waals surface area contributed by atoms with Crippen LogP contribution in [0.4, 0.5) is 0 Å². The quantitative estimate of drug-likeness (QED) is 0.344. The molecule has 1 aromatic heterocycles. The number of halogens is 1. The van der Waals surface area contributed by atoms with E-state index in [1.54, 1.807) is 30.5 Å². The molecule has 0 bridgehead atoms. The minimum Gasteiger partial charge on any atom is -0.342 e. The average Bonchev–Trinajstić information content (AvgIpc) is 3.14. The Morgan fingerprint density at radius 2 is 1.77 bits per heavy atom. The summed E-state index contributed by atoms with van der Waals surface area (Å²) >= 11 is 5.99.